The Balaban J connectivity index is 1.23. The molecule has 0 spiro atoms. The smallest absolute Gasteiger partial charge is 0.316 e. The summed E-state index contributed by atoms with van der Waals surface area (Å²) in [6, 6.07) is 13.5. The Labute approximate surface area is 258 Å². The van der Waals surface area contributed by atoms with E-state index in [1.807, 2.05) is 18.2 Å². The minimum atomic E-state index is -2.02. The second-order valence-electron chi connectivity index (χ2n) is 10.2. The zero-order valence-corrected chi connectivity index (χ0v) is 25.0. The predicted octanol–water partition coefficient (Wildman–Crippen LogP) is 5.90. The van der Waals surface area contributed by atoms with E-state index in [1.165, 1.54) is 18.2 Å². The van der Waals surface area contributed by atoms with Gasteiger partial charge in [0.25, 0.3) is 0 Å². The number of benzene rings is 2. The molecule has 2 saturated heterocycles. The number of fused-ring (bicyclic) bond motifs is 5. The molecule has 2 aliphatic carbocycles. The number of carbonyl (C=O) groups is 4. The van der Waals surface area contributed by atoms with Crippen LogP contribution in [-0.2, 0) is 19.2 Å². The van der Waals surface area contributed by atoms with Crippen LogP contribution in [0, 0.1) is 24.7 Å². The van der Waals surface area contributed by atoms with Crippen LogP contribution in [0.5, 0.6) is 5.75 Å². The molecule has 0 aromatic heterocycles. The number of para-hydroxylation sites is 1. The number of halogens is 6. The molecule has 2 aromatic carbocycles. The van der Waals surface area contributed by atoms with Crippen molar-refractivity contribution in [1.29, 1.82) is 0 Å². The van der Waals surface area contributed by atoms with Crippen molar-refractivity contribution in [3.8, 4) is 5.75 Å². The molecule has 3 amide bonds. The summed E-state index contributed by atoms with van der Waals surface area (Å²) >= 11 is 39.3. The molecule has 2 bridgehead atoms. The molecule has 2 aliphatic heterocycles. The summed E-state index contributed by atoms with van der Waals surface area (Å²) in [6.45, 7) is 1.84. The lowest BCUT2D eigenvalue weighted by molar-refractivity contribution is -0.139. The largest absolute Gasteiger partial charge is 0.426 e. The molecule has 1 saturated carbocycles. The molecule has 2 aromatic rings. The topological polar surface area (TPSA) is 84.0 Å². The summed E-state index contributed by atoms with van der Waals surface area (Å²) in [7, 11) is 0. The van der Waals surface area contributed by atoms with Gasteiger partial charge in [-0.2, -0.15) is 0 Å². The molecular weight excluding hydrogens is 645 g/mol. The number of hydrogen-bond acceptors (Lipinski definition) is 5. The van der Waals surface area contributed by atoms with Crippen molar-refractivity contribution in [2.45, 2.75) is 27.4 Å². The first-order valence-corrected chi connectivity index (χ1v) is 14.4. The zero-order chi connectivity index (χ0) is 28.9. The van der Waals surface area contributed by atoms with Gasteiger partial charge in [0.05, 0.1) is 33.5 Å². The van der Waals surface area contributed by atoms with E-state index in [-0.39, 0.29) is 40.4 Å². The Bertz CT molecular complexity index is 1500. The maximum Gasteiger partial charge on any atom is 0.316 e. The average molecular weight is 663 g/mol. The van der Waals surface area contributed by atoms with E-state index in [4.69, 9.17) is 74.3 Å². The van der Waals surface area contributed by atoms with E-state index in [1.54, 1.807) is 24.0 Å². The average Bonchev–Trinajstić information content (AvgIpc) is 3.50. The van der Waals surface area contributed by atoms with Gasteiger partial charge in [-0.1, -0.05) is 64.6 Å². The van der Waals surface area contributed by atoms with Crippen LogP contribution >= 0.6 is 69.6 Å². The number of hydrogen-bond donors (Lipinski definition) is 0. The van der Waals surface area contributed by atoms with Crippen LogP contribution in [0.1, 0.15) is 12.0 Å². The normalized spacial score (nSPS) is 32.4. The molecule has 5 atom stereocenters. The van der Waals surface area contributed by atoms with Gasteiger partial charge in [-0.3, -0.25) is 19.2 Å². The third kappa shape index (κ3) is 3.45. The van der Waals surface area contributed by atoms with Crippen molar-refractivity contribution in [3.05, 3.63) is 64.2 Å². The number of rotatable bonds is 4. The van der Waals surface area contributed by atoms with Crippen LogP contribution in [0.25, 0.3) is 0 Å². The lowest BCUT2D eigenvalue weighted by Gasteiger charge is -2.34. The Morgan fingerprint density at radius 3 is 2.02 bits per heavy atom. The summed E-state index contributed by atoms with van der Waals surface area (Å²) in [5.74, 6) is -5.08. The van der Waals surface area contributed by atoms with E-state index in [0.29, 0.717) is 11.3 Å². The number of allylic oxidation sites excluding steroid dienone is 2. The minimum Gasteiger partial charge on any atom is -0.426 e. The minimum absolute atomic E-state index is 0.0203. The first-order valence-electron chi connectivity index (χ1n) is 12.1. The molecule has 7 nitrogen and oxygen atoms in total. The Morgan fingerprint density at radius 1 is 0.900 bits per heavy atom. The number of esters is 1. The zero-order valence-electron chi connectivity index (χ0n) is 20.5. The first kappa shape index (κ1) is 28.1. The van der Waals surface area contributed by atoms with Gasteiger partial charge in [0.2, 0.25) is 17.7 Å². The molecule has 4 aliphatic rings. The number of nitrogens with zero attached hydrogens (tertiary/aromatic N) is 2. The third-order valence-corrected chi connectivity index (χ3v) is 12.3. The van der Waals surface area contributed by atoms with E-state index in [2.05, 4.69) is 0 Å². The Kier molecular flexibility index (Phi) is 6.51. The van der Waals surface area contributed by atoms with Gasteiger partial charge in [-0.15, -0.1) is 23.2 Å². The van der Waals surface area contributed by atoms with Gasteiger partial charge in [-0.05, 0) is 42.8 Å². The first-order chi connectivity index (χ1) is 18.8. The highest BCUT2D eigenvalue weighted by Crippen LogP contribution is 2.77. The molecule has 3 fully saturated rings. The lowest BCUT2D eigenvalue weighted by atomic mass is 9.84. The monoisotopic (exact) mass is 660 g/mol. The predicted molar refractivity (Wildman–Crippen MR) is 154 cm³/mol. The third-order valence-electron chi connectivity index (χ3n) is 8.06. The van der Waals surface area contributed by atoms with E-state index in [9.17, 15) is 19.2 Å². The van der Waals surface area contributed by atoms with Crippen molar-refractivity contribution < 1.29 is 23.9 Å². The number of anilines is 2. The number of ether oxygens (including phenoxy) is 1. The van der Waals surface area contributed by atoms with Gasteiger partial charge >= 0.3 is 5.97 Å². The van der Waals surface area contributed by atoms with Crippen LogP contribution in [0.3, 0.4) is 0 Å². The molecule has 208 valence electrons. The van der Waals surface area contributed by atoms with E-state index >= 15 is 0 Å². The summed E-state index contributed by atoms with van der Waals surface area (Å²) < 4.78 is 3.55. The molecule has 0 unspecified atom stereocenters. The molecule has 0 N–H and O–H groups in total. The molecular formula is C27H18Cl6N2O5. The maximum absolute atomic E-state index is 13.6. The van der Waals surface area contributed by atoms with Crippen molar-refractivity contribution in [2.24, 2.45) is 17.8 Å². The molecule has 0 radical (unpaired) electrons. The highest BCUT2D eigenvalue weighted by molar-refractivity contribution is 6.67. The van der Waals surface area contributed by atoms with Gasteiger partial charge < -0.3 is 9.64 Å². The fourth-order valence-corrected chi connectivity index (χ4v) is 9.03. The van der Waals surface area contributed by atoms with Crippen molar-refractivity contribution in [3.63, 3.8) is 0 Å². The number of alkyl halides is 4. The van der Waals surface area contributed by atoms with E-state index < -0.39 is 49.6 Å². The summed E-state index contributed by atoms with van der Waals surface area (Å²) in [5, 5.41) is -0.342. The van der Waals surface area contributed by atoms with Crippen LogP contribution in [-0.4, -0.2) is 44.3 Å². The second kappa shape index (κ2) is 9.25. The summed E-state index contributed by atoms with van der Waals surface area (Å²) in [5.41, 5.74) is 1.39. The van der Waals surface area contributed by atoms with Crippen LogP contribution < -0.4 is 14.5 Å². The number of aryl methyl sites for hydroxylation is 1. The van der Waals surface area contributed by atoms with E-state index in [0.717, 1.165) is 4.90 Å². The van der Waals surface area contributed by atoms with Gasteiger partial charge in [-0.25, -0.2) is 4.90 Å². The summed E-state index contributed by atoms with van der Waals surface area (Å²) in [4.78, 5) is 51.4. The summed E-state index contributed by atoms with van der Waals surface area (Å²) in [6.07, 6.45) is 0.0203. The number of carbonyl (C=O) groups excluding carboxylic acids is 4. The molecule has 13 heteroatoms. The highest BCUT2D eigenvalue weighted by atomic mass is 35.5. The fraction of sp³-hybridized carbons (Fsp3) is 0.333. The molecule has 6 rings (SSSR count). The standard InChI is InChI=1S/C27H18Cl6N2O5/c1-12-9-15(40-24(39)13-10-17(36)34(11-13)14-5-3-2-4-6-14)7-8-16(12)35-22(37)18-19(23(35)38)26(31)21(29)20(28)25(18,30)27(26,32)33/h2-9,13,18-19H,10-11H2,1H3/t13-,18-,19+,25-,26-/m1/s1. The van der Waals surface area contributed by atoms with Gasteiger partial charge in [0.1, 0.15) is 15.5 Å². The van der Waals surface area contributed by atoms with Crippen molar-refractivity contribution >= 4 is 105 Å². The molecule has 2 heterocycles. The van der Waals surface area contributed by atoms with Crippen molar-refractivity contribution in [2.75, 3.05) is 16.3 Å². The SMILES string of the molecule is Cc1cc(OC(=O)[C@@H]2CC(=O)N(c3ccccc3)C2)ccc1N1C(=O)[C@@H]2[C@H](C1=O)[C@@]1(Cl)C(Cl)=C(Cl)[C@@]2(Cl)C1(Cl)Cl. The lowest BCUT2D eigenvalue weighted by Crippen LogP contribution is -2.50. The van der Waals surface area contributed by atoms with Crippen molar-refractivity contribution in [1.82, 2.24) is 0 Å². The quantitative estimate of drug-likeness (QED) is 0.176. The highest BCUT2D eigenvalue weighted by Gasteiger charge is 2.87. The number of amides is 3. The van der Waals surface area contributed by atoms with Gasteiger partial charge in [0, 0.05) is 18.7 Å². The molecule has 40 heavy (non-hydrogen) atoms. The number of imide groups is 1. The van der Waals surface area contributed by atoms with Crippen LogP contribution in [0.15, 0.2) is 58.6 Å². The van der Waals surface area contributed by atoms with Gasteiger partial charge in [0.15, 0.2) is 4.33 Å². The van der Waals surface area contributed by atoms with Crippen LogP contribution in [0.2, 0.25) is 0 Å². The second-order valence-corrected chi connectivity index (χ2v) is 13.5. The fourth-order valence-electron chi connectivity index (χ4n) is 6.10. The Morgan fingerprint density at radius 2 is 1.48 bits per heavy atom. The van der Waals surface area contributed by atoms with Crippen LogP contribution in [0.4, 0.5) is 11.4 Å². The Hall–Kier alpha value is -2.00. The maximum atomic E-state index is 13.6.